The maximum Gasteiger partial charge on any atom is 0.0726 e. The highest BCUT2D eigenvalue weighted by atomic mass is 15.1. The maximum atomic E-state index is 9.29. The van der Waals surface area contributed by atoms with Gasteiger partial charge in [0.25, 0.3) is 0 Å². The number of hydrogen-bond acceptors (Lipinski definition) is 1. The van der Waals surface area contributed by atoms with Crippen LogP contribution < -0.4 is 4.90 Å². The van der Waals surface area contributed by atoms with E-state index < -0.39 is 11.3 Å². The first-order valence-corrected chi connectivity index (χ1v) is 19.8. The Hall–Kier alpha value is -5.66. The Morgan fingerprint density at radius 1 is 0.463 bits per heavy atom. The first-order chi connectivity index (χ1) is 26.7. The lowest BCUT2D eigenvalue weighted by atomic mass is 9.70. The molecule has 0 bridgehead atoms. The molecule has 4 aliphatic carbocycles. The summed E-state index contributed by atoms with van der Waals surface area (Å²) in [6.07, 6.45) is 4.14. The van der Waals surface area contributed by atoms with Crippen molar-refractivity contribution in [3.63, 3.8) is 0 Å². The van der Waals surface area contributed by atoms with Crippen LogP contribution in [0, 0.1) is 13.8 Å². The molecule has 1 nitrogen and oxygen atoms in total. The summed E-state index contributed by atoms with van der Waals surface area (Å²) in [6, 6.07) is 55.4. The van der Waals surface area contributed by atoms with Crippen molar-refractivity contribution in [3.8, 4) is 33.4 Å². The van der Waals surface area contributed by atoms with Crippen LogP contribution in [0.2, 0.25) is 0 Å². The lowest BCUT2D eigenvalue weighted by Gasteiger charge is -2.33. The molecule has 0 amide bonds. The average molecular weight is 697 g/mol. The Bertz CT molecular complexity index is 2670. The number of anilines is 3. The smallest absolute Gasteiger partial charge is 0.0726 e. The molecule has 1 heteroatoms. The summed E-state index contributed by atoms with van der Waals surface area (Å²) in [5.74, 6) is -0.488. The van der Waals surface area contributed by atoms with Gasteiger partial charge in [0.05, 0.1) is 5.41 Å². The van der Waals surface area contributed by atoms with E-state index in [0.717, 1.165) is 48.3 Å². The van der Waals surface area contributed by atoms with Gasteiger partial charge in [-0.3, -0.25) is 0 Å². The fraction of sp³-hybridized carbons (Fsp3) is 0.208. The van der Waals surface area contributed by atoms with Gasteiger partial charge in [0.2, 0.25) is 0 Å². The van der Waals surface area contributed by atoms with Gasteiger partial charge in [0.1, 0.15) is 0 Å². The molecule has 7 aromatic rings. The summed E-state index contributed by atoms with van der Waals surface area (Å²) in [6.45, 7) is 9.19. The van der Waals surface area contributed by atoms with Gasteiger partial charge in [-0.1, -0.05) is 147 Å². The molecule has 4 aliphatic rings. The standard InChI is InChI=1S/C53H45N/c1-33-17-25-43-44-26-18-34(2)30-50(44)53(49(43)29-33)47-16-10-8-14-41(47)45-28-24-39(32-51(45)53)54(37-21-19-36(20-22-37)35-11-5-6-12-35)38-23-27-42-40-13-7-9-15-46(40)52(3,4)48(42)31-38/h7-10,13-32,35H,5-6,11-12H2,1-4H3/i35D. The quantitative estimate of drug-likeness (QED) is 0.177. The molecule has 1 spiro atoms. The second kappa shape index (κ2) is 11.4. The van der Waals surface area contributed by atoms with Crippen molar-refractivity contribution < 1.29 is 1.37 Å². The molecule has 0 aliphatic heterocycles. The van der Waals surface area contributed by atoms with E-state index in [1.807, 2.05) is 0 Å². The van der Waals surface area contributed by atoms with Gasteiger partial charge < -0.3 is 4.90 Å². The van der Waals surface area contributed by atoms with Crippen molar-refractivity contribution in [2.45, 2.75) is 70.1 Å². The van der Waals surface area contributed by atoms with Crippen molar-refractivity contribution in [1.82, 2.24) is 0 Å². The first kappa shape index (κ1) is 30.8. The number of fused-ring (bicyclic) bond motifs is 13. The predicted octanol–water partition coefficient (Wildman–Crippen LogP) is 14.1. The van der Waals surface area contributed by atoms with Crippen molar-refractivity contribution in [3.05, 3.63) is 196 Å². The summed E-state index contributed by atoms with van der Waals surface area (Å²) in [7, 11) is 0. The van der Waals surface area contributed by atoms with Crippen molar-refractivity contribution >= 4 is 17.1 Å². The topological polar surface area (TPSA) is 3.24 Å². The van der Waals surface area contributed by atoms with E-state index in [9.17, 15) is 1.37 Å². The van der Waals surface area contributed by atoms with Gasteiger partial charge in [-0.25, -0.2) is 0 Å². The molecule has 7 aromatic carbocycles. The molecule has 0 saturated heterocycles. The van der Waals surface area contributed by atoms with Crippen molar-refractivity contribution in [2.24, 2.45) is 0 Å². The van der Waals surface area contributed by atoms with Crippen LogP contribution in [0.5, 0.6) is 0 Å². The van der Waals surface area contributed by atoms with Crippen LogP contribution in [-0.2, 0) is 10.8 Å². The fourth-order valence-corrected chi connectivity index (χ4v) is 10.8. The third kappa shape index (κ3) is 4.27. The second-order valence-electron chi connectivity index (χ2n) is 16.7. The molecule has 262 valence electrons. The molecular formula is C53H45N. The summed E-state index contributed by atoms with van der Waals surface area (Å²) in [5.41, 5.74) is 22.7. The normalized spacial score (nSPS) is 17.3. The minimum absolute atomic E-state index is 0.117. The minimum Gasteiger partial charge on any atom is -0.310 e. The summed E-state index contributed by atoms with van der Waals surface area (Å²) in [5, 5.41) is 0. The number of nitrogens with zero attached hydrogens (tertiary/aromatic N) is 1. The Morgan fingerprint density at radius 2 is 0.907 bits per heavy atom. The summed E-state index contributed by atoms with van der Waals surface area (Å²) < 4.78 is 9.29. The Labute approximate surface area is 321 Å². The molecule has 0 aromatic heterocycles. The van der Waals surface area contributed by atoms with Crippen LogP contribution in [0.15, 0.2) is 146 Å². The summed E-state index contributed by atoms with van der Waals surface area (Å²) >= 11 is 0. The minimum atomic E-state index is -0.488. The highest BCUT2D eigenvalue weighted by Gasteiger charge is 2.52. The van der Waals surface area contributed by atoms with E-state index in [2.05, 4.69) is 178 Å². The van der Waals surface area contributed by atoms with Crippen LogP contribution in [0.4, 0.5) is 17.1 Å². The largest absolute Gasteiger partial charge is 0.310 e. The molecule has 1 fully saturated rings. The van der Waals surface area contributed by atoms with Crippen LogP contribution in [-0.4, -0.2) is 0 Å². The van der Waals surface area contributed by atoms with E-state index in [0.29, 0.717) is 0 Å². The molecule has 0 heterocycles. The highest BCUT2D eigenvalue weighted by Crippen LogP contribution is 2.64. The molecular weight excluding hydrogens is 651 g/mol. The average Bonchev–Trinajstić information content (AvgIpc) is 3.91. The van der Waals surface area contributed by atoms with Crippen LogP contribution >= 0.6 is 0 Å². The monoisotopic (exact) mass is 696 g/mol. The molecule has 0 radical (unpaired) electrons. The van der Waals surface area contributed by atoms with Gasteiger partial charge >= 0.3 is 0 Å². The number of aryl methyl sites for hydroxylation is 2. The van der Waals surface area contributed by atoms with Gasteiger partial charge in [-0.05, 0) is 141 Å². The SMILES string of the molecule is [2H]C1(c2ccc(N(c3ccc4c(c3)C(C)(C)c3ccccc3-4)c3ccc4c(c3)C3(c5ccccc5-4)c4cc(C)ccc4-c4ccc(C)cc43)cc2)CCCC1. The second-order valence-corrected chi connectivity index (χ2v) is 16.7. The van der Waals surface area contributed by atoms with E-state index in [4.69, 9.17) is 0 Å². The molecule has 1 saturated carbocycles. The number of hydrogen-bond donors (Lipinski definition) is 0. The zero-order valence-electron chi connectivity index (χ0n) is 32.6. The third-order valence-electron chi connectivity index (χ3n) is 13.3. The predicted molar refractivity (Wildman–Crippen MR) is 226 cm³/mol. The van der Waals surface area contributed by atoms with Gasteiger partial charge in [-0.2, -0.15) is 0 Å². The maximum absolute atomic E-state index is 9.29. The van der Waals surface area contributed by atoms with Crippen LogP contribution in [0.25, 0.3) is 33.4 Å². The molecule has 0 unspecified atom stereocenters. The van der Waals surface area contributed by atoms with Crippen molar-refractivity contribution in [1.29, 1.82) is 0 Å². The van der Waals surface area contributed by atoms with E-state index in [-0.39, 0.29) is 5.41 Å². The van der Waals surface area contributed by atoms with Crippen molar-refractivity contribution in [2.75, 3.05) is 4.90 Å². The lowest BCUT2D eigenvalue weighted by molar-refractivity contribution is 0.660. The van der Waals surface area contributed by atoms with E-state index in [1.54, 1.807) is 0 Å². The van der Waals surface area contributed by atoms with Crippen LogP contribution in [0.1, 0.15) is 96.9 Å². The molecule has 0 atom stereocenters. The summed E-state index contributed by atoms with van der Waals surface area (Å²) in [4.78, 5) is 2.47. The Kier molecular flexibility index (Phi) is 6.51. The molecule has 11 rings (SSSR count). The fourth-order valence-electron chi connectivity index (χ4n) is 10.8. The van der Waals surface area contributed by atoms with E-state index >= 15 is 0 Å². The first-order valence-electron chi connectivity index (χ1n) is 20.3. The van der Waals surface area contributed by atoms with Gasteiger partial charge in [0, 0.05) is 23.8 Å². The number of benzene rings is 7. The lowest BCUT2D eigenvalue weighted by Crippen LogP contribution is -2.26. The Morgan fingerprint density at radius 3 is 1.52 bits per heavy atom. The zero-order chi connectivity index (χ0) is 37.3. The number of rotatable bonds is 4. The van der Waals surface area contributed by atoms with Crippen LogP contribution in [0.3, 0.4) is 0 Å². The van der Waals surface area contributed by atoms with E-state index in [1.165, 1.54) is 77.9 Å². The van der Waals surface area contributed by atoms with Gasteiger partial charge in [0.15, 0.2) is 0 Å². The Balaban J connectivity index is 1.16. The highest BCUT2D eigenvalue weighted by molar-refractivity contribution is 5.97. The molecule has 0 N–H and O–H groups in total. The zero-order valence-corrected chi connectivity index (χ0v) is 31.6. The molecule has 54 heavy (non-hydrogen) atoms. The van der Waals surface area contributed by atoms with Gasteiger partial charge in [-0.15, -0.1) is 0 Å². The third-order valence-corrected chi connectivity index (χ3v) is 13.3.